The molecule has 0 aromatic heterocycles. The fourth-order valence-electron chi connectivity index (χ4n) is 0.883. The second-order valence-electron chi connectivity index (χ2n) is 2.73. The molecule has 1 aromatic rings. The van der Waals surface area contributed by atoms with Crippen molar-refractivity contribution in [3.8, 4) is 0 Å². The lowest BCUT2D eigenvalue weighted by Gasteiger charge is -2.07. The summed E-state index contributed by atoms with van der Waals surface area (Å²) in [6.07, 6.45) is 0. The summed E-state index contributed by atoms with van der Waals surface area (Å²) in [5.41, 5.74) is -0.312. The van der Waals surface area contributed by atoms with Gasteiger partial charge in [-0.3, -0.25) is 4.79 Å². The molecule has 0 unspecified atom stereocenters. The Morgan fingerprint density at radius 2 is 2.00 bits per heavy atom. The van der Waals surface area contributed by atoms with Gasteiger partial charge in [0, 0.05) is 12.5 Å². The Bertz CT molecular complexity index is 328. The highest BCUT2D eigenvalue weighted by Crippen LogP contribution is 2.19. The van der Waals surface area contributed by atoms with Gasteiger partial charge in [-0.15, -0.1) is 0 Å². The van der Waals surface area contributed by atoms with E-state index in [4.69, 9.17) is 0 Å². The maximum absolute atomic E-state index is 12.5. The fourth-order valence-corrected chi connectivity index (χ4v) is 0.883. The van der Waals surface area contributed by atoms with Crippen molar-refractivity contribution in [3.05, 3.63) is 35.6 Å². The predicted molar refractivity (Wildman–Crippen MR) is 41.4 cm³/mol. The number of carbonyl (C=O) groups excluding carboxylic acids is 1. The maximum atomic E-state index is 12.5. The summed E-state index contributed by atoms with van der Waals surface area (Å²) in [4.78, 5) is 10.9. The quantitative estimate of drug-likeness (QED) is 0.652. The van der Waals surface area contributed by atoms with Gasteiger partial charge >= 0.3 is 5.92 Å². The van der Waals surface area contributed by atoms with Crippen molar-refractivity contribution in [2.24, 2.45) is 0 Å². The number of hydrogen-bond donors (Lipinski definition) is 0. The van der Waals surface area contributed by atoms with Crippen LogP contribution in [0.15, 0.2) is 24.3 Å². The molecule has 1 rings (SSSR count). The van der Waals surface area contributed by atoms with Crippen LogP contribution in [0.5, 0.6) is 0 Å². The minimum atomic E-state index is -3.45. The number of hydrogen-bond acceptors (Lipinski definition) is 1. The van der Waals surface area contributed by atoms with Crippen molar-refractivity contribution in [2.45, 2.75) is 12.8 Å². The molecule has 0 bridgehead atoms. The fraction of sp³-hybridized carbons (Fsp3) is 0.222. The number of Topliss-reactive ketones (excluding diaryl/α,β-unsaturated/α-hetero) is 1. The minimum Gasteiger partial charge on any atom is -0.287 e. The molecule has 0 spiro atoms. The van der Waals surface area contributed by atoms with E-state index < -0.39 is 17.5 Å². The Hall–Kier alpha value is -1.32. The van der Waals surface area contributed by atoms with E-state index in [1.807, 2.05) is 0 Å². The summed E-state index contributed by atoms with van der Waals surface area (Å²) in [6, 6.07) is 4.25. The highest BCUT2D eigenvalue weighted by molar-refractivity contribution is 6.00. The number of alkyl halides is 2. The average Bonchev–Trinajstić information content (AvgIpc) is 2.01. The van der Waals surface area contributed by atoms with Gasteiger partial charge in [0.2, 0.25) is 5.78 Å². The second-order valence-corrected chi connectivity index (χ2v) is 2.73. The molecule has 0 saturated carbocycles. The Kier molecular flexibility index (Phi) is 2.40. The van der Waals surface area contributed by atoms with Gasteiger partial charge in [0.05, 0.1) is 0 Å². The molecule has 13 heavy (non-hydrogen) atoms. The van der Waals surface area contributed by atoms with Crippen LogP contribution < -0.4 is 0 Å². The summed E-state index contributed by atoms with van der Waals surface area (Å²) >= 11 is 0. The average molecular weight is 188 g/mol. The highest BCUT2D eigenvalue weighted by Gasteiger charge is 2.33. The number of benzene rings is 1. The monoisotopic (exact) mass is 188 g/mol. The van der Waals surface area contributed by atoms with Crippen LogP contribution >= 0.6 is 0 Å². The summed E-state index contributed by atoms with van der Waals surface area (Å²) in [6.45, 7) is 0.486. The van der Waals surface area contributed by atoms with Gasteiger partial charge in [-0.05, 0) is 12.1 Å². The first kappa shape index (κ1) is 9.77. The first-order valence-electron chi connectivity index (χ1n) is 3.59. The van der Waals surface area contributed by atoms with Crippen LogP contribution in [0.2, 0.25) is 0 Å². The van der Waals surface area contributed by atoms with E-state index in [2.05, 4.69) is 0 Å². The standard InChI is InChI=1S/C9H7F3O/c1-9(11,12)8(13)6-3-2-4-7(10)5-6/h2-5H,1H3. The smallest absolute Gasteiger partial charge is 0.287 e. The van der Waals surface area contributed by atoms with Gasteiger partial charge in [-0.25, -0.2) is 4.39 Å². The van der Waals surface area contributed by atoms with Crippen LogP contribution in [0, 0.1) is 5.82 Å². The van der Waals surface area contributed by atoms with Crippen molar-refractivity contribution in [3.63, 3.8) is 0 Å². The number of halogens is 3. The summed E-state index contributed by atoms with van der Waals surface area (Å²) in [5.74, 6) is -5.52. The second kappa shape index (κ2) is 3.20. The topological polar surface area (TPSA) is 17.1 Å². The first-order valence-corrected chi connectivity index (χ1v) is 3.59. The van der Waals surface area contributed by atoms with Crippen LogP contribution in [-0.4, -0.2) is 11.7 Å². The normalized spacial score (nSPS) is 11.4. The molecule has 0 aliphatic carbocycles. The van der Waals surface area contributed by atoms with Crippen molar-refractivity contribution in [1.82, 2.24) is 0 Å². The van der Waals surface area contributed by atoms with Gasteiger partial charge in [0.25, 0.3) is 0 Å². The highest BCUT2D eigenvalue weighted by atomic mass is 19.3. The number of rotatable bonds is 2. The molecule has 0 fully saturated rings. The molecule has 1 aromatic carbocycles. The zero-order valence-electron chi connectivity index (χ0n) is 6.85. The van der Waals surface area contributed by atoms with Crippen LogP contribution in [0.4, 0.5) is 13.2 Å². The molecule has 0 radical (unpaired) electrons. The van der Waals surface area contributed by atoms with Crippen molar-refractivity contribution >= 4 is 5.78 Å². The molecular formula is C9H7F3O. The third-order valence-electron chi connectivity index (χ3n) is 1.49. The molecular weight excluding hydrogens is 181 g/mol. The van der Waals surface area contributed by atoms with Crippen molar-refractivity contribution < 1.29 is 18.0 Å². The molecule has 1 nitrogen and oxygen atoms in total. The van der Waals surface area contributed by atoms with Crippen molar-refractivity contribution in [2.75, 3.05) is 0 Å². The van der Waals surface area contributed by atoms with Crippen molar-refractivity contribution in [1.29, 1.82) is 0 Å². The van der Waals surface area contributed by atoms with E-state index in [1.165, 1.54) is 6.07 Å². The lowest BCUT2D eigenvalue weighted by atomic mass is 10.1. The number of carbonyl (C=O) groups is 1. The third kappa shape index (κ3) is 2.31. The van der Waals surface area contributed by atoms with Gasteiger partial charge < -0.3 is 0 Å². The van der Waals surface area contributed by atoms with Gasteiger partial charge in [-0.1, -0.05) is 12.1 Å². The summed E-state index contributed by atoms with van der Waals surface area (Å²) in [7, 11) is 0. The largest absolute Gasteiger partial charge is 0.307 e. The predicted octanol–water partition coefficient (Wildman–Crippen LogP) is 2.66. The summed E-state index contributed by atoms with van der Waals surface area (Å²) < 4.78 is 37.4. The minimum absolute atomic E-state index is 0.312. The molecule has 0 saturated heterocycles. The maximum Gasteiger partial charge on any atom is 0.307 e. The van der Waals surface area contributed by atoms with Crippen LogP contribution in [0.3, 0.4) is 0 Å². The van der Waals surface area contributed by atoms with Crippen LogP contribution in [0.1, 0.15) is 17.3 Å². The van der Waals surface area contributed by atoms with E-state index in [9.17, 15) is 18.0 Å². The molecule has 0 aliphatic heterocycles. The Morgan fingerprint density at radius 3 is 2.46 bits per heavy atom. The molecule has 4 heteroatoms. The lowest BCUT2D eigenvalue weighted by molar-refractivity contribution is 0.0221. The lowest BCUT2D eigenvalue weighted by Crippen LogP contribution is -2.24. The van der Waals surface area contributed by atoms with E-state index >= 15 is 0 Å². The van der Waals surface area contributed by atoms with E-state index in [0.29, 0.717) is 6.92 Å². The van der Waals surface area contributed by atoms with E-state index in [-0.39, 0.29) is 5.56 Å². The van der Waals surface area contributed by atoms with Gasteiger partial charge in [0.15, 0.2) is 0 Å². The number of ketones is 1. The van der Waals surface area contributed by atoms with E-state index in [0.717, 1.165) is 18.2 Å². The van der Waals surface area contributed by atoms with Crippen LogP contribution in [0.25, 0.3) is 0 Å². The van der Waals surface area contributed by atoms with E-state index in [1.54, 1.807) is 0 Å². The third-order valence-corrected chi connectivity index (χ3v) is 1.49. The molecule has 0 aliphatic rings. The Morgan fingerprint density at radius 1 is 1.38 bits per heavy atom. The molecule has 0 atom stereocenters. The van der Waals surface area contributed by atoms with Gasteiger partial charge in [0.1, 0.15) is 5.82 Å². The molecule has 0 N–H and O–H groups in total. The molecule has 70 valence electrons. The summed E-state index contributed by atoms with van der Waals surface area (Å²) in [5, 5.41) is 0. The Balaban J connectivity index is 3.03. The zero-order chi connectivity index (χ0) is 10.1. The Labute approximate surface area is 73.2 Å². The molecule has 0 amide bonds. The molecule has 0 heterocycles. The zero-order valence-corrected chi connectivity index (χ0v) is 6.85. The van der Waals surface area contributed by atoms with Crippen LogP contribution in [-0.2, 0) is 0 Å². The SMILES string of the molecule is CC(F)(F)C(=O)c1cccc(F)c1. The first-order chi connectivity index (χ1) is 5.91. The van der Waals surface area contributed by atoms with Gasteiger partial charge in [-0.2, -0.15) is 8.78 Å².